The highest BCUT2D eigenvalue weighted by molar-refractivity contribution is 6.17. The highest BCUT2D eigenvalue weighted by Crippen LogP contribution is 2.19. The van der Waals surface area contributed by atoms with E-state index in [-0.39, 0.29) is 0 Å². The first-order valence-electron chi connectivity index (χ1n) is 7.18. The molecule has 3 rings (SSSR count). The third kappa shape index (κ3) is 2.95. The van der Waals surface area contributed by atoms with Crippen LogP contribution in [0.3, 0.4) is 0 Å². The summed E-state index contributed by atoms with van der Waals surface area (Å²) >= 11 is 5.92. The van der Waals surface area contributed by atoms with E-state index in [1.165, 1.54) is 16.6 Å². The molecule has 110 valence electrons. The van der Waals surface area contributed by atoms with Gasteiger partial charge >= 0.3 is 0 Å². The Morgan fingerprint density at radius 1 is 1.14 bits per heavy atom. The molecule has 21 heavy (non-hydrogen) atoms. The molecule has 0 atom stereocenters. The van der Waals surface area contributed by atoms with E-state index in [2.05, 4.69) is 47.9 Å². The number of fused-ring (bicyclic) bond motifs is 1. The molecule has 0 radical (unpaired) electrons. The van der Waals surface area contributed by atoms with Crippen molar-refractivity contribution in [3.63, 3.8) is 0 Å². The molecule has 0 aliphatic heterocycles. The molecule has 2 aromatic heterocycles. The Labute approximate surface area is 129 Å². The lowest BCUT2D eigenvalue weighted by atomic mass is 10.2. The minimum absolute atomic E-state index is 0.586. The maximum absolute atomic E-state index is 5.92. The summed E-state index contributed by atoms with van der Waals surface area (Å²) in [5, 5.41) is 4.34. The number of halogens is 1. The fraction of sp³-hybridized carbons (Fsp3) is 0.375. The van der Waals surface area contributed by atoms with E-state index in [4.69, 9.17) is 16.6 Å². The second kappa shape index (κ2) is 5.90. The molecule has 5 heteroatoms. The number of alkyl halides is 1. The number of aromatic nitrogens is 4. The SMILES string of the molecule is Cc1ccc2c(c1)nc(CCCl)n2CCn1cc(C)cn1. The van der Waals surface area contributed by atoms with Crippen LogP contribution in [0.25, 0.3) is 11.0 Å². The molecule has 4 nitrogen and oxygen atoms in total. The van der Waals surface area contributed by atoms with Gasteiger partial charge in [-0.1, -0.05) is 6.07 Å². The predicted molar refractivity (Wildman–Crippen MR) is 85.9 cm³/mol. The van der Waals surface area contributed by atoms with Crippen LogP contribution in [0.2, 0.25) is 0 Å². The van der Waals surface area contributed by atoms with Gasteiger partial charge in [0.25, 0.3) is 0 Å². The lowest BCUT2D eigenvalue weighted by molar-refractivity contribution is 0.529. The van der Waals surface area contributed by atoms with Crippen LogP contribution < -0.4 is 0 Å². The number of hydrogen-bond acceptors (Lipinski definition) is 2. The Balaban J connectivity index is 1.92. The molecule has 0 aliphatic rings. The Hall–Kier alpha value is -1.81. The van der Waals surface area contributed by atoms with E-state index in [0.717, 1.165) is 30.9 Å². The molecule has 1 aromatic carbocycles. The lowest BCUT2D eigenvalue weighted by Gasteiger charge is -2.09. The molecular formula is C16H19ClN4. The summed E-state index contributed by atoms with van der Waals surface area (Å²) < 4.78 is 4.23. The molecule has 2 heterocycles. The van der Waals surface area contributed by atoms with Crippen molar-refractivity contribution < 1.29 is 0 Å². The largest absolute Gasteiger partial charge is 0.326 e. The molecule has 0 spiro atoms. The number of aryl methyl sites for hydroxylation is 5. The van der Waals surface area contributed by atoms with Gasteiger partial charge in [-0.2, -0.15) is 5.10 Å². The van der Waals surface area contributed by atoms with Crippen LogP contribution in [0, 0.1) is 13.8 Å². The average Bonchev–Trinajstić information content (AvgIpc) is 3.00. The first kappa shape index (κ1) is 14.1. The molecule has 0 fully saturated rings. The van der Waals surface area contributed by atoms with E-state index >= 15 is 0 Å². The summed E-state index contributed by atoms with van der Waals surface area (Å²) in [5.41, 5.74) is 4.63. The minimum Gasteiger partial charge on any atom is -0.326 e. The number of rotatable bonds is 5. The molecule has 0 aliphatic carbocycles. The van der Waals surface area contributed by atoms with Gasteiger partial charge in [0, 0.05) is 25.0 Å². The van der Waals surface area contributed by atoms with Crippen molar-refractivity contribution in [2.45, 2.75) is 33.4 Å². The minimum atomic E-state index is 0.586. The molecule has 0 saturated carbocycles. The van der Waals surface area contributed by atoms with Crippen LogP contribution in [-0.2, 0) is 19.5 Å². The van der Waals surface area contributed by atoms with Gasteiger partial charge in [0.05, 0.1) is 23.8 Å². The van der Waals surface area contributed by atoms with Crippen molar-refractivity contribution in [1.82, 2.24) is 19.3 Å². The Kier molecular flexibility index (Phi) is 3.97. The van der Waals surface area contributed by atoms with E-state index in [0.29, 0.717) is 5.88 Å². The monoisotopic (exact) mass is 302 g/mol. The first-order chi connectivity index (χ1) is 10.2. The Morgan fingerprint density at radius 3 is 2.71 bits per heavy atom. The zero-order valence-corrected chi connectivity index (χ0v) is 13.1. The fourth-order valence-corrected chi connectivity index (χ4v) is 2.78. The van der Waals surface area contributed by atoms with Crippen molar-refractivity contribution in [3.8, 4) is 0 Å². The molecule has 0 amide bonds. The third-order valence-electron chi connectivity index (χ3n) is 3.62. The normalized spacial score (nSPS) is 11.4. The van der Waals surface area contributed by atoms with Gasteiger partial charge in [-0.15, -0.1) is 11.6 Å². The second-order valence-corrected chi connectivity index (χ2v) is 5.77. The van der Waals surface area contributed by atoms with Crippen molar-refractivity contribution in [3.05, 3.63) is 47.5 Å². The zero-order chi connectivity index (χ0) is 14.8. The van der Waals surface area contributed by atoms with Gasteiger partial charge in [0.15, 0.2) is 0 Å². The van der Waals surface area contributed by atoms with Crippen molar-refractivity contribution in [2.75, 3.05) is 5.88 Å². The van der Waals surface area contributed by atoms with Gasteiger partial charge in [0.1, 0.15) is 5.82 Å². The van der Waals surface area contributed by atoms with E-state index in [1.54, 1.807) is 0 Å². The summed E-state index contributed by atoms with van der Waals surface area (Å²) in [6.07, 6.45) is 4.73. The van der Waals surface area contributed by atoms with Gasteiger partial charge in [-0.25, -0.2) is 4.98 Å². The standard InChI is InChI=1S/C16H19ClN4/c1-12-3-4-15-14(9-12)19-16(5-6-17)21(15)8-7-20-11-13(2)10-18-20/h3-4,9-11H,5-8H2,1-2H3. The Morgan fingerprint density at radius 2 is 2.00 bits per heavy atom. The summed E-state index contributed by atoms with van der Waals surface area (Å²) in [7, 11) is 0. The number of imidazole rings is 1. The highest BCUT2D eigenvalue weighted by Gasteiger charge is 2.10. The first-order valence-corrected chi connectivity index (χ1v) is 7.71. The van der Waals surface area contributed by atoms with E-state index < -0.39 is 0 Å². The molecular weight excluding hydrogens is 284 g/mol. The maximum Gasteiger partial charge on any atom is 0.111 e. The molecule has 0 unspecified atom stereocenters. The second-order valence-electron chi connectivity index (χ2n) is 5.39. The van der Waals surface area contributed by atoms with Gasteiger partial charge in [-0.05, 0) is 37.1 Å². The quantitative estimate of drug-likeness (QED) is 0.678. The van der Waals surface area contributed by atoms with Crippen LogP contribution in [0.1, 0.15) is 17.0 Å². The molecule has 0 N–H and O–H groups in total. The molecule has 0 bridgehead atoms. The topological polar surface area (TPSA) is 35.6 Å². The highest BCUT2D eigenvalue weighted by atomic mass is 35.5. The Bertz CT molecular complexity index is 757. The third-order valence-corrected chi connectivity index (χ3v) is 3.80. The fourth-order valence-electron chi connectivity index (χ4n) is 2.61. The van der Waals surface area contributed by atoms with Crippen LogP contribution >= 0.6 is 11.6 Å². The van der Waals surface area contributed by atoms with E-state index in [9.17, 15) is 0 Å². The van der Waals surface area contributed by atoms with Crippen LogP contribution in [0.15, 0.2) is 30.6 Å². The van der Waals surface area contributed by atoms with Crippen LogP contribution in [0.4, 0.5) is 0 Å². The average molecular weight is 303 g/mol. The van der Waals surface area contributed by atoms with Gasteiger partial charge < -0.3 is 4.57 Å². The number of nitrogens with zero attached hydrogens (tertiary/aromatic N) is 4. The predicted octanol–water partition coefficient (Wildman–Crippen LogP) is 3.33. The summed E-state index contributed by atoms with van der Waals surface area (Å²) in [6.45, 7) is 5.83. The number of benzene rings is 1. The summed E-state index contributed by atoms with van der Waals surface area (Å²) in [4.78, 5) is 4.73. The lowest BCUT2D eigenvalue weighted by Crippen LogP contribution is -2.11. The van der Waals surface area contributed by atoms with Crippen molar-refractivity contribution >= 4 is 22.6 Å². The number of hydrogen-bond donors (Lipinski definition) is 0. The van der Waals surface area contributed by atoms with Gasteiger partial charge in [-0.3, -0.25) is 4.68 Å². The molecule has 0 saturated heterocycles. The van der Waals surface area contributed by atoms with Gasteiger partial charge in [0.2, 0.25) is 0 Å². The zero-order valence-electron chi connectivity index (χ0n) is 12.4. The van der Waals surface area contributed by atoms with E-state index in [1.807, 2.05) is 10.9 Å². The smallest absolute Gasteiger partial charge is 0.111 e. The van der Waals surface area contributed by atoms with Crippen LogP contribution in [0.5, 0.6) is 0 Å². The summed E-state index contributed by atoms with van der Waals surface area (Å²) in [6, 6.07) is 6.40. The maximum atomic E-state index is 5.92. The van der Waals surface area contributed by atoms with Crippen LogP contribution in [-0.4, -0.2) is 25.2 Å². The van der Waals surface area contributed by atoms with Crippen molar-refractivity contribution in [1.29, 1.82) is 0 Å². The summed E-state index contributed by atoms with van der Waals surface area (Å²) in [5.74, 6) is 1.64. The van der Waals surface area contributed by atoms with Crippen molar-refractivity contribution in [2.24, 2.45) is 0 Å². The molecule has 3 aromatic rings.